The molecule has 156 valence electrons. The van der Waals surface area contributed by atoms with Gasteiger partial charge in [-0.05, 0) is 25.1 Å². The van der Waals surface area contributed by atoms with Crippen LogP contribution in [0.5, 0.6) is 5.75 Å². The summed E-state index contributed by atoms with van der Waals surface area (Å²) >= 11 is 0. The maximum Gasteiger partial charge on any atom is 0.420 e. The minimum Gasteiger partial charge on any atom is -0.488 e. The number of aromatic nitrogens is 6. The van der Waals surface area contributed by atoms with E-state index >= 15 is 0 Å². The highest BCUT2D eigenvalue weighted by atomic mass is 19.4. The van der Waals surface area contributed by atoms with Crippen molar-refractivity contribution in [3.8, 4) is 17.0 Å². The van der Waals surface area contributed by atoms with Crippen LogP contribution in [0.2, 0.25) is 0 Å². The average Bonchev–Trinajstić information content (AvgIpc) is 3.32. The van der Waals surface area contributed by atoms with Crippen LogP contribution in [-0.2, 0) is 6.18 Å². The summed E-state index contributed by atoms with van der Waals surface area (Å²) in [5.74, 6) is -0.751. The van der Waals surface area contributed by atoms with Crippen molar-refractivity contribution < 1.29 is 27.4 Å². The molecular weight excluding hydrogens is 408 g/mol. The number of nitrogens with one attached hydrogen (secondary N) is 1. The van der Waals surface area contributed by atoms with Crippen molar-refractivity contribution in [1.29, 1.82) is 0 Å². The summed E-state index contributed by atoms with van der Waals surface area (Å²) in [7, 11) is 0. The second kappa shape index (κ2) is 7.37. The molecule has 0 aliphatic heterocycles. The van der Waals surface area contributed by atoms with Gasteiger partial charge in [0.1, 0.15) is 41.1 Å². The van der Waals surface area contributed by atoms with Gasteiger partial charge >= 0.3 is 6.18 Å². The van der Waals surface area contributed by atoms with Crippen molar-refractivity contribution >= 4 is 5.52 Å². The second-order valence-electron chi connectivity index (χ2n) is 6.43. The summed E-state index contributed by atoms with van der Waals surface area (Å²) < 4.78 is 59.9. The van der Waals surface area contributed by atoms with Crippen LogP contribution in [0.4, 0.5) is 17.6 Å². The van der Waals surface area contributed by atoms with E-state index in [0.717, 1.165) is 16.8 Å². The van der Waals surface area contributed by atoms with Crippen LogP contribution in [0, 0.1) is 12.7 Å². The monoisotopic (exact) mass is 422 g/mol. The number of H-pyrrole nitrogens is 1. The topological polar surface area (TPSA) is 101 Å². The van der Waals surface area contributed by atoms with Crippen molar-refractivity contribution in [3.05, 3.63) is 59.6 Å². The SMILES string of the molecule is Cc1n[nH]nc1-c1cc(OCC(O)c2ccc(F)cn2)c2c(C(F)(F)F)cnn2c1. The van der Waals surface area contributed by atoms with Crippen LogP contribution in [0.15, 0.2) is 36.8 Å². The lowest BCUT2D eigenvalue weighted by Crippen LogP contribution is -2.13. The molecule has 0 amide bonds. The molecule has 0 aliphatic rings. The Bertz CT molecular complexity index is 1190. The Hall–Kier alpha value is -3.54. The third-order valence-corrected chi connectivity index (χ3v) is 4.37. The number of aryl methyl sites for hydroxylation is 1. The van der Waals surface area contributed by atoms with Crippen molar-refractivity contribution in [1.82, 2.24) is 30.0 Å². The number of halogens is 4. The van der Waals surface area contributed by atoms with Gasteiger partial charge in [-0.1, -0.05) is 0 Å². The minimum absolute atomic E-state index is 0.112. The molecule has 8 nitrogen and oxygen atoms in total. The van der Waals surface area contributed by atoms with Gasteiger partial charge in [-0.25, -0.2) is 8.91 Å². The van der Waals surface area contributed by atoms with Crippen molar-refractivity contribution in [2.75, 3.05) is 6.61 Å². The maximum absolute atomic E-state index is 13.4. The van der Waals surface area contributed by atoms with Crippen molar-refractivity contribution in [2.45, 2.75) is 19.2 Å². The Morgan fingerprint density at radius 2 is 2.03 bits per heavy atom. The van der Waals surface area contributed by atoms with Crippen molar-refractivity contribution in [3.63, 3.8) is 0 Å². The molecular formula is C18H14F4N6O2. The van der Waals surface area contributed by atoms with Gasteiger partial charge in [0.25, 0.3) is 0 Å². The lowest BCUT2D eigenvalue weighted by atomic mass is 10.1. The largest absolute Gasteiger partial charge is 0.488 e. The normalized spacial score (nSPS) is 13.0. The third kappa shape index (κ3) is 3.68. The lowest BCUT2D eigenvalue weighted by molar-refractivity contribution is -0.136. The first-order valence-electron chi connectivity index (χ1n) is 8.62. The number of hydrogen-bond acceptors (Lipinski definition) is 6. The van der Waals surface area contributed by atoms with E-state index in [1.807, 2.05) is 0 Å². The van der Waals surface area contributed by atoms with Crippen LogP contribution < -0.4 is 4.74 Å². The Balaban J connectivity index is 1.74. The zero-order valence-corrected chi connectivity index (χ0v) is 15.4. The number of alkyl halides is 3. The highest BCUT2D eigenvalue weighted by molar-refractivity contribution is 5.73. The van der Waals surface area contributed by atoms with E-state index in [9.17, 15) is 22.7 Å². The molecule has 0 aromatic carbocycles. The van der Waals surface area contributed by atoms with Gasteiger partial charge < -0.3 is 9.84 Å². The van der Waals surface area contributed by atoms with Crippen LogP contribution in [0.25, 0.3) is 16.8 Å². The number of ether oxygens (including phenoxy) is 1. The molecule has 12 heteroatoms. The summed E-state index contributed by atoms with van der Waals surface area (Å²) in [6.07, 6.45) is -2.97. The molecule has 0 fully saturated rings. The highest BCUT2D eigenvalue weighted by Crippen LogP contribution is 2.38. The Labute approximate surface area is 166 Å². The summed E-state index contributed by atoms with van der Waals surface area (Å²) in [4.78, 5) is 3.74. The van der Waals surface area contributed by atoms with Gasteiger partial charge in [0.15, 0.2) is 0 Å². The quantitative estimate of drug-likeness (QED) is 0.480. The predicted molar refractivity (Wildman–Crippen MR) is 95.0 cm³/mol. The molecule has 0 spiro atoms. The van der Waals surface area contributed by atoms with Crippen molar-refractivity contribution in [2.24, 2.45) is 0 Å². The summed E-state index contributed by atoms with van der Waals surface area (Å²) in [6, 6.07) is 3.73. The zero-order chi connectivity index (χ0) is 21.5. The molecule has 0 aliphatic carbocycles. The molecule has 4 aromatic heterocycles. The minimum atomic E-state index is -4.66. The average molecular weight is 422 g/mol. The van der Waals surface area contributed by atoms with E-state index in [4.69, 9.17) is 4.74 Å². The molecule has 2 N–H and O–H groups in total. The molecule has 0 radical (unpaired) electrons. The van der Waals surface area contributed by atoms with Gasteiger partial charge in [0, 0.05) is 11.8 Å². The molecule has 0 saturated heterocycles. The highest BCUT2D eigenvalue weighted by Gasteiger charge is 2.36. The van der Waals surface area contributed by atoms with Crippen LogP contribution in [0.3, 0.4) is 0 Å². The molecule has 4 aromatic rings. The fourth-order valence-corrected chi connectivity index (χ4v) is 2.93. The van der Waals surface area contributed by atoms with E-state index in [0.29, 0.717) is 23.1 Å². The van der Waals surface area contributed by atoms with Gasteiger partial charge in [-0.2, -0.15) is 33.7 Å². The molecule has 30 heavy (non-hydrogen) atoms. The second-order valence-corrected chi connectivity index (χ2v) is 6.43. The first kappa shape index (κ1) is 19.8. The Kier molecular flexibility index (Phi) is 4.86. The number of fused-ring (bicyclic) bond motifs is 1. The Morgan fingerprint density at radius 3 is 2.67 bits per heavy atom. The standard InChI is InChI=1S/C18H14F4N6O2/c1-9-16(26-27-25-9)10-4-15(17-12(18(20,21)22)6-24-28(17)7-10)30-8-14(29)13-3-2-11(19)5-23-13/h2-7,14,29H,8H2,1H3,(H,25,26,27). The van der Waals surface area contributed by atoms with E-state index in [2.05, 4.69) is 25.5 Å². The number of aliphatic hydroxyl groups is 1. The van der Waals surface area contributed by atoms with E-state index < -0.39 is 30.3 Å². The number of pyridine rings is 2. The molecule has 1 atom stereocenters. The Morgan fingerprint density at radius 1 is 1.23 bits per heavy atom. The molecule has 0 bridgehead atoms. The van der Waals surface area contributed by atoms with Gasteiger partial charge in [0.05, 0.1) is 23.8 Å². The number of aromatic amines is 1. The summed E-state index contributed by atoms with van der Waals surface area (Å²) in [5.41, 5.74) is 0.156. The smallest absolute Gasteiger partial charge is 0.420 e. The van der Waals surface area contributed by atoms with Crippen LogP contribution in [0.1, 0.15) is 23.1 Å². The molecule has 4 heterocycles. The molecule has 1 unspecified atom stereocenters. The van der Waals surface area contributed by atoms with Gasteiger partial charge in [-0.3, -0.25) is 4.98 Å². The first-order chi connectivity index (χ1) is 14.2. The maximum atomic E-state index is 13.4. The molecule has 0 saturated carbocycles. The lowest BCUT2D eigenvalue weighted by Gasteiger charge is -2.15. The van der Waals surface area contributed by atoms with E-state index in [1.54, 1.807) is 6.92 Å². The van der Waals surface area contributed by atoms with E-state index in [1.165, 1.54) is 18.3 Å². The predicted octanol–water partition coefficient (Wildman–Crippen LogP) is 3.09. The third-order valence-electron chi connectivity index (χ3n) is 4.37. The van der Waals surface area contributed by atoms with Gasteiger partial charge in [-0.15, -0.1) is 0 Å². The number of nitrogens with zero attached hydrogens (tertiary/aromatic N) is 5. The van der Waals surface area contributed by atoms with Crippen LogP contribution >= 0.6 is 0 Å². The fraction of sp³-hybridized carbons (Fsp3) is 0.222. The zero-order valence-electron chi connectivity index (χ0n) is 15.4. The number of aliphatic hydroxyl groups excluding tert-OH is 1. The number of rotatable bonds is 5. The van der Waals surface area contributed by atoms with Gasteiger partial charge in [0.2, 0.25) is 0 Å². The summed E-state index contributed by atoms with van der Waals surface area (Å²) in [6.45, 7) is 1.26. The fourth-order valence-electron chi connectivity index (χ4n) is 2.93. The number of hydrogen-bond donors (Lipinski definition) is 2. The summed E-state index contributed by atoms with van der Waals surface area (Å²) in [5, 5.41) is 24.4. The first-order valence-corrected chi connectivity index (χ1v) is 8.62. The van der Waals surface area contributed by atoms with Crippen LogP contribution in [-0.4, -0.2) is 41.7 Å². The molecule has 4 rings (SSSR count). The van der Waals surface area contributed by atoms with E-state index in [-0.39, 0.29) is 17.0 Å².